The van der Waals surface area contributed by atoms with Crippen molar-refractivity contribution in [3.8, 4) is 0 Å². The number of nitrogens with zero attached hydrogens (tertiary/aromatic N) is 1. The SMILES string of the molecule is Cl.NCc1cc(N)cnc1S(=O)(=O)Nc1ccc2c(c1)B(O)OC2. The van der Waals surface area contributed by atoms with Crippen LogP contribution in [-0.2, 0) is 27.8 Å². The Hall–Kier alpha value is -1.85. The zero-order chi connectivity index (χ0) is 16.6. The number of benzene rings is 1. The standard InChI is InChI=1S/C13H15BN4O4S.ClH/c15-5-9-3-10(16)6-17-13(9)23(20,21)18-11-2-1-8-7-22-14(19)12(8)4-11;/h1-4,6,18-19H,5,7,15-16H2;1H. The number of sulfonamides is 1. The molecule has 0 saturated carbocycles. The number of aromatic nitrogens is 1. The van der Waals surface area contributed by atoms with E-state index in [4.69, 9.17) is 16.1 Å². The summed E-state index contributed by atoms with van der Waals surface area (Å²) < 4.78 is 32.5. The first-order valence-corrected chi connectivity index (χ1v) is 8.29. The summed E-state index contributed by atoms with van der Waals surface area (Å²) >= 11 is 0. The van der Waals surface area contributed by atoms with E-state index < -0.39 is 17.1 Å². The van der Waals surface area contributed by atoms with Crippen molar-refractivity contribution in [1.29, 1.82) is 0 Å². The van der Waals surface area contributed by atoms with Gasteiger partial charge in [0, 0.05) is 17.8 Å². The number of pyridine rings is 1. The molecule has 0 atom stereocenters. The van der Waals surface area contributed by atoms with Crippen LogP contribution in [0.1, 0.15) is 11.1 Å². The Kier molecular flexibility index (Phi) is 5.36. The average Bonchev–Trinajstić information content (AvgIpc) is 2.87. The highest BCUT2D eigenvalue weighted by molar-refractivity contribution is 7.92. The summed E-state index contributed by atoms with van der Waals surface area (Å²) in [7, 11) is -4.98. The number of rotatable bonds is 4. The lowest BCUT2D eigenvalue weighted by molar-refractivity contribution is 0.275. The Labute approximate surface area is 145 Å². The number of halogens is 1. The van der Waals surface area contributed by atoms with Crippen LogP contribution in [0.2, 0.25) is 0 Å². The van der Waals surface area contributed by atoms with Gasteiger partial charge >= 0.3 is 7.12 Å². The van der Waals surface area contributed by atoms with Gasteiger partial charge < -0.3 is 21.1 Å². The van der Waals surface area contributed by atoms with Crippen molar-refractivity contribution in [3.63, 3.8) is 0 Å². The second kappa shape index (κ2) is 6.95. The highest BCUT2D eigenvalue weighted by atomic mass is 35.5. The van der Waals surface area contributed by atoms with Crippen LogP contribution in [-0.4, -0.2) is 25.5 Å². The molecule has 1 aromatic heterocycles. The van der Waals surface area contributed by atoms with Crippen molar-refractivity contribution in [3.05, 3.63) is 41.6 Å². The second-order valence-corrected chi connectivity index (χ2v) is 6.72. The molecule has 2 heterocycles. The fraction of sp³-hybridized carbons (Fsp3) is 0.154. The highest BCUT2D eigenvalue weighted by Gasteiger charge is 2.28. The van der Waals surface area contributed by atoms with Gasteiger partial charge in [-0.05, 0) is 29.2 Å². The maximum atomic E-state index is 12.5. The van der Waals surface area contributed by atoms with E-state index in [1.807, 2.05) is 0 Å². The van der Waals surface area contributed by atoms with E-state index in [0.29, 0.717) is 29.0 Å². The summed E-state index contributed by atoms with van der Waals surface area (Å²) in [5.41, 5.74) is 13.5. The van der Waals surface area contributed by atoms with Crippen LogP contribution in [0.15, 0.2) is 35.5 Å². The van der Waals surface area contributed by atoms with Crippen molar-refractivity contribution in [2.24, 2.45) is 5.73 Å². The Morgan fingerprint density at radius 2 is 2.12 bits per heavy atom. The van der Waals surface area contributed by atoms with Crippen LogP contribution < -0.4 is 21.7 Å². The molecule has 1 aliphatic heterocycles. The smallest absolute Gasteiger partial charge is 0.423 e. The molecule has 2 aromatic rings. The van der Waals surface area contributed by atoms with E-state index in [-0.39, 0.29) is 24.0 Å². The predicted molar refractivity (Wildman–Crippen MR) is 93.4 cm³/mol. The number of nitrogen functional groups attached to an aromatic ring is 1. The molecule has 0 bridgehead atoms. The van der Waals surface area contributed by atoms with E-state index in [0.717, 1.165) is 5.56 Å². The summed E-state index contributed by atoms with van der Waals surface area (Å²) in [4.78, 5) is 3.87. The van der Waals surface area contributed by atoms with Crippen molar-refractivity contribution in [2.45, 2.75) is 18.2 Å². The zero-order valence-corrected chi connectivity index (χ0v) is 14.1. The zero-order valence-electron chi connectivity index (χ0n) is 12.5. The summed E-state index contributed by atoms with van der Waals surface area (Å²) in [6, 6.07) is 6.30. The maximum Gasteiger partial charge on any atom is 0.491 e. The molecule has 6 N–H and O–H groups in total. The third kappa shape index (κ3) is 3.47. The molecule has 0 spiro atoms. The Morgan fingerprint density at radius 1 is 1.38 bits per heavy atom. The molecular weight excluding hydrogens is 354 g/mol. The van der Waals surface area contributed by atoms with Crippen LogP contribution in [0.4, 0.5) is 11.4 Å². The number of fused-ring (bicyclic) bond motifs is 1. The molecule has 11 heteroatoms. The minimum Gasteiger partial charge on any atom is -0.423 e. The normalized spacial score (nSPS) is 13.3. The summed E-state index contributed by atoms with van der Waals surface area (Å²) in [5.74, 6) is 0. The molecule has 24 heavy (non-hydrogen) atoms. The molecule has 0 saturated heterocycles. The lowest BCUT2D eigenvalue weighted by atomic mass is 9.79. The van der Waals surface area contributed by atoms with Gasteiger partial charge in [-0.2, -0.15) is 8.42 Å². The monoisotopic (exact) mass is 370 g/mol. The van der Waals surface area contributed by atoms with E-state index in [1.165, 1.54) is 18.3 Å². The van der Waals surface area contributed by atoms with Gasteiger partial charge in [-0.1, -0.05) is 6.07 Å². The van der Waals surface area contributed by atoms with Crippen LogP contribution in [0.3, 0.4) is 0 Å². The summed E-state index contributed by atoms with van der Waals surface area (Å²) in [6.45, 7) is 0.283. The predicted octanol–water partition coefficient (Wildman–Crippen LogP) is -0.437. The Bertz CT molecular complexity index is 865. The maximum absolute atomic E-state index is 12.5. The molecule has 0 radical (unpaired) electrons. The van der Waals surface area contributed by atoms with E-state index in [9.17, 15) is 13.4 Å². The number of hydrogen-bond donors (Lipinski definition) is 4. The quantitative estimate of drug-likeness (QED) is 0.535. The lowest BCUT2D eigenvalue weighted by Gasteiger charge is -2.12. The lowest BCUT2D eigenvalue weighted by Crippen LogP contribution is -2.28. The molecule has 128 valence electrons. The van der Waals surface area contributed by atoms with Gasteiger partial charge in [-0.3, -0.25) is 4.72 Å². The van der Waals surface area contributed by atoms with E-state index in [2.05, 4.69) is 9.71 Å². The molecule has 1 aromatic carbocycles. The number of anilines is 2. The number of nitrogens with one attached hydrogen (secondary N) is 1. The van der Waals surface area contributed by atoms with Crippen molar-refractivity contribution < 1.29 is 18.1 Å². The van der Waals surface area contributed by atoms with Crippen LogP contribution in [0.5, 0.6) is 0 Å². The molecule has 3 rings (SSSR count). The van der Waals surface area contributed by atoms with Gasteiger partial charge in [0.15, 0.2) is 5.03 Å². The minimum atomic E-state index is -3.93. The van der Waals surface area contributed by atoms with Crippen LogP contribution >= 0.6 is 12.4 Å². The van der Waals surface area contributed by atoms with Gasteiger partial charge in [0.25, 0.3) is 10.0 Å². The third-order valence-electron chi connectivity index (χ3n) is 3.48. The van der Waals surface area contributed by atoms with Gasteiger partial charge in [0.2, 0.25) is 0 Å². The van der Waals surface area contributed by atoms with Crippen LogP contribution in [0.25, 0.3) is 0 Å². The minimum absolute atomic E-state index is 0. The van der Waals surface area contributed by atoms with Gasteiger partial charge in [0.1, 0.15) is 0 Å². The van der Waals surface area contributed by atoms with Gasteiger partial charge in [-0.15, -0.1) is 12.4 Å². The van der Waals surface area contributed by atoms with E-state index in [1.54, 1.807) is 12.1 Å². The number of hydrogen-bond acceptors (Lipinski definition) is 7. The first kappa shape index (κ1) is 18.5. The molecule has 0 amide bonds. The third-order valence-corrected chi connectivity index (χ3v) is 4.86. The fourth-order valence-electron chi connectivity index (χ4n) is 2.39. The summed E-state index contributed by atoms with van der Waals surface area (Å²) in [5, 5.41) is 9.52. The largest absolute Gasteiger partial charge is 0.491 e. The first-order chi connectivity index (χ1) is 10.9. The van der Waals surface area contributed by atoms with Gasteiger partial charge in [-0.25, -0.2) is 4.98 Å². The average molecular weight is 371 g/mol. The molecule has 1 aliphatic rings. The molecule has 0 aliphatic carbocycles. The highest BCUT2D eigenvalue weighted by Crippen LogP contribution is 2.20. The number of nitrogens with two attached hydrogens (primary N) is 2. The van der Waals surface area contributed by atoms with Crippen LogP contribution in [0, 0.1) is 0 Å². The molecule has 0 unspecified atom stereocenters. The molecule has 0 fully saturated rings. The fourth-order valence-corrected chi connectivity index (χ4v) is 3.60. The molecule has 8 nitrogen and oxygen atoms in total. The summed E-state index contributed by atoms with van der Waals surface area (Å²) in [6.07, 6.45) is 1.26. The van der Waals surface area contributed by atoms with Crippen molar-refractivity contribution >= 4 is 46.4 Å². The first-order valence-electron chi connectivity index (χ1n) is 6.80. The van der Waals surface area contributed by atoms with Crippen molar-refractivity contribution in [2.75, 3.05) is 10.5 Å². The van der Waals surface area contributed by atoms with Crippen molar-refractivity contribution in [1.82, 2.24) is 4.98 Å². The van der Waals surface area contributed by atoms with Gasteiger partial charge in [0.05, 0.1) is 18.5 Å². The molecular formula is C13H16BClN4O4S. The second-order valence-electron chi connectivity index (χ2n) is 5.12. The Balaban J connectivity index is 0.00000208. The Morgan fingerprint density at radius 3 is 2.83 bits per heavy atom. The topological polar surface area (TPSA) is 141 Å². The van der Waals surface area contributed by atoms with E-state index >= 15 is 0 Å².